The normalized spacial score (nSPS) is 53.4. The van der Waals surface area contributed by atoms with E-state index in [1.165, 1.54) is 0 Å². The van der Waals surface area contributed by atoms with Crippen LogP contribution in [0.3, 0.4) is 0 Å². The minimum absolute atomic E-state index is 0.00411. The molecule has 6 rings (SSSR count). The molecule has 2 saturated heterocycles. The third-order valence-corrected chi connectivity index (χ3v) is 11.0. The highest BCUT2D eigenvalue weighted by atomic mass is 16.7. The Labute approximate surface area is 215 Å². The van der Waals surface area contributed by atoms with E-state index in [9.17, 15) is 14.7 Å². The number of carbonyl (C=O) groups excluding carboxylic acids is 1. The Balaban J connectivity index is 1.32. The fraction of sp³-hybridized carbons (Fsp3) is 0.862. The average Bonchev–Trinajstić information content (AvgIpc) is 3.43. The van der Waals surface area contributed by atoms with Gasteiger partial charge in [-0.3, -0.25) is 4.79 Å². The molecule has 2 heterocycles. The highest BCUT2D eigenvalue weighted by Crippen LogP contribution is 2.82. The molecular weight excluding hydrogens is 460 g/mol. The molecule has 0 aromatic heterocycles. The quantitative estimate of drug-likeness (QED) is 0.286. The van der Waals surface area contributed by atoms with Crippen LogP contribution in [0.15, 0.2) is 11.6 Å². The second-order valence-corrected chi connectivity index (χ2v) is 12.8. The lowest BCUT2D eigenvalue weighted by Gasteiger charge is -2.58. The SMILES string of the molecule is [2H]C(C)CO[C@H]1[C@@H]2O[C@@H]2C(OCC23CC4C(C)CCC4C4(C=O)CC2C=C(C(C)C)C43C(=O)O)O[C@@H]1C. The van der Waals surface area contributed by atoms with Gasteiger partial charge in [0, 0.05) is 13.4 Å². The van der Waals surface area contributed by atoms with Crippen molar-refractivity contribution in [3.63, 3.8) is 0 Å². The maximum atomic E-state index is 13.6. The number of rotatable bonds is 9. The lowest BCUT2D eigenvalue weighted by atomic mass is 9.43. The Morgan fingerprint density at radius 2 is 2.03 bits per heavy atom. The van der Waals surface area contributed by atoms with E-state index in [1.54, 1.807) is 6.92 Å². The van der Waals surface area contributed by atoms with Crippen LogP contribution in [0.2, 0.25) is 0 Å². The van der Waals surface area contributed by atoms with E-state index in [0.717, 1.165) is 31.1 Å². The highest BCUT2D eigenvalue weighted by Gasteiger charge is 2.84. The summed E-state index contributed by atoms with van der Waals surface area (Å²) in [6.07, 6.45) is 4.77. The van der Waals surface area contributed by atoms with Gasteiger partial charge in [0.1, 0.15) is 30.0 Å². The third-order valence-electron chi connectivity index (χ3n) is 11.0. The summed E-state index contributed by atoms with van der Waals surface area (Å²) >= 11 is 0. The Morgan fingerprint density at radius 1 is 1.25 bits per heavy atom. The van der Waals surface area contributed by atoms with Crippen molar-refractivity contribution in [3.8, 4) is 0 Å². The lowest BCUT2D eigenvalue weighted by molar-refractivity contribution is -0.239. The predicted molar refractivity (Wildman–Crippen MR) is 131 cm³/mol. The monoisotopic (exact) mass is 503 g/mol. The van der Waals surface area contributed by atoms with Gasteiger partial charge in [0.2, 0.25) is 0 Å². The summed E-state index contributed by atoms with van der Waals surface area (Å²) in [5.41, 5.74) is -1.89. The summed E-state index contributed by atoms with van der Waals surface area (Å²) in [5.74, 6) is 0.0698. The fourth-order valence-electron chi connectivity index (χ4n) is 9.69. The van der Waals surface area contributed by atoms with Gasteiger partial charge in [0.05, 0.1) is 18.1 Å². The number of carboxylic acids is 1. The van der Waals surface area contributed by atoms with E-state index in [-0.39, 0.29) is 55.2 Å². The second kappa shape index (κ2) is 8.36. The number of ether oxygens (including phenoxy) is 4. The zero-order valence-corrected chi connectivity index (χ0v) is 22.1. The van der Waals surface area contributed by atoms with Crippen molar-refractivity contribution < 1.29 is 35.0 Å². The van der Waals surface area contributed by atoms with Gasteiger partial charge >= 0.3 is 5.97 Å². The molecule has 7 nitrogen and oxygen atoms in total. The number of hydrogen-bond acceptors (Lipinski definition) is 6. The summed E-state index contributed by atoms with van der Waals surface area (Å²) in [6.45, 7) is 10.7. The molecule has 1 N–H and O–H groups in total. The molecule has 0 aromatic rings. The minimum Gasteiger partial charge on any atom is -0.481 e. The van der Waals surface area contributed by atoms with Gasteiger partial charge in [0.25, 0.3) is 0 Å². The van der Waals surface area contributed by atoms with Gasteiger partial charge < -0.3 is 28.8 Å². The molecule has 5 fully saturated rings. The fourth-order valence-corrected chi connectivity index (χ4v) is 9.69. The molecule has 4 bridgehead atoms. The first-order chi connectivity index (χ1) is 17.5. The van der Waals surface area contributed by atoms with E-state index in [4.69, 9.17) is 20.3 Å². The largest absolute Gasteiger partial charge is 0.481 e. The summed E-state index contributed by atoms with van der Waals surface area (Å²) in [5, 5.41) is 11.1. The molecule has 13 atom stereocenters. The molecule has 0 radical (unpaired) electrons. The number of hydrogen-bond donors (Lipinski definition) is 1. The van der Waals surface area contributed by atoms with Crippen LogP contribution in [0.25, 0.3) is 0 Å². The molecule has 6 aliphatic rings. The van der Waals surface area contributed by atoms with E-state index in [1.807, 2.05) is 6.92 Å². The van der Waals surface area contributed by atoms with Crippen LogP contribution in [-0.4, -0.2) is 61.3 Å². The molecule has 4 aliphatic carbocycles. The van der Waals surface area contributed by atoms with Gasteiger partial charge in [-0.2, -0.15) is 0 Å². The standard InChI is InChI=1S/C29H42O7/c1-6-9-33-22-17(5)35-25(24-23(22)36-24)34-14-28-12-19-16(4)7-8-20(19)27(13-30)11-18(28)10-21(15(2)3)29(27,28)26(31)32/h10,13,15-20,22-25H,6-9,11-12,14H2,1-5H3,(H,31,32)/t16?,17-,18?,19?,20?,22-,23+,24+,25?,27?,28?,29?/m1/s1/i6D/t6?,16?,17-,18?,19?,20?,22-,23+,24+,25?,27?,28?,29?. The Kier molecular flexibility index (Phi) is 5.53. The Bertz CT molecular complexity index is 995. The maximum Gasteiger partial charge on any atom is 0.315 e. The zero-order chi connectivity index (χ0) is 26.5. The average molecular weight is 504 g/mol. The molecule has 0 spiro atoms. The molecular formula is C29H42O7. The number of fused-ring (bicyclic) bond motifs is 3. The van der Waals surface area contributed by atoms with Crippen LogP contribution in [-0.2, 0) is 28.5 Å². The van der Waals surface area contributed by atoms with Crippen molar-refractivity contribution in [3.05, 3.63) is 11.6 Å². The van der Waals surface area contributed by atoms with E-state index < -0.39 is 28.5 Å². The van der Waals surface area contributed by atoms with Gasteiger partial charge in [-0.05, 0) is 62.2 Å². The number of epoxide rings is 1. The van der Waals surface area contributed by atoms with Crippen LogP contribution >= 0.6 is 0 Å². The first-order valence-electron chi connectivity index (χ1n) is 14.5. The molecule has 36 heavy (non-hydrogen) atoms. The van der Waals surface area contributed by atoms with Crippen molar-refractivity contribution in [1.82, 2.24) is 0 Å². The van der Waals surface area contributed by atoms with Gasteiger partial charge in [-0.1, -0.05) is 45.8 Å². The zero-order valence-electron chi connectivity index (χ0n) is 23.1. The van der Waals surface area contributed by atoms with Crippen LogP contribution in [0.4, 0.5) is 0 Å². The van der Waals surface area contributed by atoms with Crippen LogP contribution in [0.5, 0.6) is 0 Å². The van der Waals surface area contributed by atoms with Gasteiger partial charge in [-0.15, -0.1) is 0 Å². The Morgan fingerprint density at radius 3 is 2.69 bits per heavy atom. The Hall–Kier alpha value is -1.28. The van der Waals surface area contributed by atoms with Crippen molar-refractivity contribution in [2.75, 3.05) is 13.2 Å². The van der Waals surface area contributed by atoms with Crippen LogP contribution in [0.1, 0.15) is 68.1 Å². The topological polar surface area (TPSA) is 94.6 Å². The van der Waals surface area contributed by atoms with Crippen LogP contribution < -0.4 is 0 Å². The van der Waals surface area contributed by atoms with Gasteiger partial charge in [-0.25, -0.2) is 0 Å². The van der Waals surface area contributed by atoms with E-state index >= 15 is 0 Å². The molecule has 7 heteroatoms. The number of aliphatic carboxylic acids is 1. The highest BCUT2D eigenvalue weighted by molar-refractivity contribution is 5.90. The smallest absolute Gasteiger partial charge is 0.315 e. The summed E-state index contributed by atoms with van der Waals surface area (Å²) in [6, 6.07) is 0. The van der Waals surface area contributed by atoms with Crippen molar-refractivity contribution in [1.29, 1.82) is 0 Å². The lowest BCUT2D eigenvalue weighted by Crippen LogP contribution is -2.64. The molecule has 200 valence electrons. The summed E-state index contributed by atoms with van der Waals surface area (Å²) < 4.78 is 32.3. The molecule has 9 unspecified atom stereocenters. The van der Waals surface area contributed by atoms with Gasteiger partial charge in [0.15, 0.2) is 6.29 Å². The minimum atomic E-state index is -1.24. The van der Waals surface area contributed by atoms with Crippen molar-refractivity contribution in [2.45, 2.75) is 97.4 Å². The van der Waals surface area contributed by atoms with Crippen LogP contribution in [0, 0.1) is 45.8 Å². The first-order valence-corrected chi connectivity index (χ1v) is 13.9. The second-order valence-electron chi connectivity index (χ2n) is 12.8. The van der Waals surface area contributed by atoms with E-state index in [2.05, 4.69) is 26.8 Å². The first kappa shape index (κ1) is 23.8. The maximum absolute atomic E-state index is 13.6. The third kappa shape index (κ3) is 2.89. The van der Waals surface area contributed by atoms with E-state index in [0.29, 0.717) is 24.9 Å². The van der Waals surface area contributed by atoms with Crippen molar-refractivity contribution in [2.24, 2.45) is 45.8 Å². The number of allylic oxidation sites excluding steroid dienone is 1. The number of aldehydes is 1. The summed E-state index contributed by atoms with van der Waals surface area (Å²) in [4.78, 5) is 26.7. The summed E-state index contributed by atoms with van der Waals surface area (Å²) in [7, 11) is 0. The molecule has 3 saturated carbocycles. The molecule has 0 aromatic carbocycles. The number of carbonyl (C=O) groups is 2. The van der Waals surface area contributed by atoms with Crippen molar-refractivity contribution >= 4 is 12.3 Å². The predicted octanol–water partition coefficient (Wildman–Crippen LogP) is 4.24. The molecule has 2 aliphatic heterocycles. The molecule has 0 amide bonds. The number of carboxylic acid groups (broad SMARTS) is 1.